The fraction of sp³-hybridized carbons (Fsp3) is 0.292. The molecule has 0 atom stereocenters. The van der Waals surface area contributed by atoms with Crippen molar-refractivity contribution in [3.63, 3.8) is 0 Å². The minimum atomic E-state index is -0.365. The van der Waals surface area contributed by atoms with Crippen molar-refractivity contribution < 1.29 is 14.0 Å². The van der Waals surface area contributed by atoms with E-state index in [4.69, 9.17) is 0 Å². The lowest BCUT2D eigenvalue weighted by atomic mass is 9.92. The Labute approximate surface area is 187 Å². The first-order chi connectivity index (χ1) is 15.2. The Bertz CT molecular complexity index is 1070. The van der Waals surface area contributed by atoms with Crippen LogP contribution in [0.5, 0.6) is 0 Å². The van der Waals surface area contributed by atoms with Gasteiger partial charge in [-0.05, 0) is 43.3 Å². The van der Waals surface area contributed by atoms with Gasteiger partial charge in [-0.1, -0.05) is 39.0 Å². The zero-order valence-corrected chi connectivity index (χ0v) is 18.7. The number of hydrogen-bond donors (Lipinski definition) is 2. The van der Waals surface area contributed by atoms with E-state index in [0.29, 0.717) is 23.7 Å². The number of nitrogens with one attached hydrogen (secondary N) is 2. The van der Waals surface area contributed by atoms with Gasteiger partial charge >= 0.3 is 6.03 Å². The Morgan fingerprint density at radius 1 is 1.03 bits per heavy atom. The molecule has 0 aliphatic heterocycles. The number of likely N-dealkylation sites (N-methyl/N-ethyl adjacent to an activating group) is 1. The summed E-state index contributed by atoms with van der Waals surface area (Å²) in [5.74, 6) is -0.268. The molecule has 2 aromatic carbocycles. The second-order valence-electron chi connectivity index (χ2n) is 8.41. The molecule has 0 unspecified atom stereocenters. The molecule has 0 radical (unpaired) electrons. The van der Waals surface area contributed by atoms with E-state index in [1.54, 1.807) is 41.9 Å². The van der Waals surface area contributed by atoms with Crippen LogP contribution >= 0.6 is 0 Å². The van der Waals surface area contributed by atoms with Crippen LogP contribution in [0.4, 0.5) is 20.7 Å². The van der Waals surface area contributed by atoms with Crippen molar-refractivity contribution in [2.24, 2.45) is 0 Å². The van der Waals surface area contributed by atoms with Crippen molar-refractivity contribution in [1.82, 2.24) is 14.7 Å². The monoisotopic (exact) mass is 437 g/mol. The predicted octanol–water partition coefficient (Wildman–Crippen LogP) is 4.80. The summed E-state index contributed by atoms with van der Waals surface area (Å²) in [7, 11) is 0. The molecule has 8 heteroatoms. The fourth-order valence-corrected chi connectivity index (χ4v) is 3.02. The lowest BCUT2D eigenvalue weighted by Gasteiger charge is -2.21. The number of nitrogens with zero attached hydrogens (tertiary/aromatic N) is 3. The molecule has 2 N–H and O–H groups in total. The highest BCUT2D eigenvalue weighted by atomic mass is 19.1. The number of carbonyl (C=O) groups excluding carboxylic acids is 2. The van der Waals surface area contributed by atoms with Crippen LogP contribution in [0.2, 0.25) is 0 Å². The third-order valence-electron chi connectivity index (χ3n) is 4.84. The van der Waals surface area contributed by atoms with Crippen LogP contribution in [-0.2, 0) is 10.2 Å². The van der Waals surface area contributed by atoms with E-state index in [1.165, 1.54) is 17.0 Å². The third kappa shape index (κ3) is 5.72. The SMILES string of the molecule is CCN(CC(=O)Nc1cc(C(C)(C)C)nn1-c1ccc(F)cc1)C(=O)Nc1ccccc1. The maximum absolute atomic E-state index is 13.4. The first kappa shape index (κ1) is 23.0. The Kier molecular flexibility index (Phi) is 6.92. The number of urea groups is 1. The molecule has 0 spiro atoms. The second kappa shape index (κ2) is 9.64. The largest absolute Gasteiger partial charge is 0.322 e. The summed E-state index contributed by atoms with van der Waals surface area (Å²) >= 11 is 0. The number of halogens is 1. The summed E-state index contributed by atoms with van der Waals surface area (Å²) in [4.78, 5) is 26.8. The Morgan fingerprint density at radius 3 is 2.28 bits per heavy atom. The van der Waals surface area contributed by atoms with Crippen LogP contribution in [0.25, 0.3) is 5.69 Å². The molecule has 0 fully saturated rings. The van der Waals surface area contributed by atoms with Gasteiger partial charge in [0.15, 0.2) is 0 Å². The topological polar surface area (TPSA) is 79.3 Å². The number of anilines is 2. The van der Waals surface area contributed by atoms with Crippen molar-refractivity contribution in [2.45, 2.75) is 33.1 Å². The smallest absolute Gasteiger partial charge is 0.315 e. The van der Waals surface area contributed by atoms with Gasteiger partial charge in [0.1, 0.15) is 18.2 Å². The van der Waals surface area contributed by atoms with Crippen LogP contribution in [-0.4, -0.2) is 39.7 Å². The van der Waals surface area contributed by atoms with Gasteiger partial charge in [-0.3, -0.25) is 4.79 Å². The van der Waals surface area contributed by atoms with Crippen molar-refractivity contribution in [3.8, 4) is 5.69 Å². The summed E-state index contributed by atoms with van der Waals surface area (Å²) in [6.45, 7) is 8.08. The number of rotatable bonds is 6. The van der Waals surface area contributed by atoms with Crippen molar-refractivity contribution in [2.75, 3.05) is 23.7 Å². The molecule has 0 aliphatic rings. The Balaban J connectivity index is 1.77. The third-order valence-corrected chi connectivity index (χ3v) is 4.84. The fourth-order valence-electron chi connectivity index (χ4n) is 3.02. The minimum Gasteiger partial charge on any atom is -0.315 e. The minimum absolute atomic E-state index is 0.130. The van der Waals surface area contributed by atoms with E-state index in [9.17, 15) is 14.0 Å². The van der Waals surface area contributed by atoms with E-state index in [2.05, 4.69) is 15.7 Å². The lowest BCUT2D eigenvalue weighted by Crippen LogP contribution is -2.40. The molecule has 32 heavy (non-hydrogen) atoms. The van der Waals surface area contributed by atoms with Crippen LogP contribution in [0.3, 0.4) is 0 Å². The average Bonchev–Trinajstić information content (AvgIpc) is 3.17. The van der Waals surface area contributed by atoms with Crippen molar-refractivity contribution >= 4 is 23.4 Å². The molecule has 1 aromatic heterocycles. The molecule has 0 saturated carbocycles. The van der Waals surface area contributed by atoms with Crippen LogP contribution in [0, 0.1) is 5.82 Å². The molecular weight excluding hydrogens is 409 g/mol. The number of benzene rings is 2. The van der Waals surface area contributed by atoms with E-state index in [0.717, 1.165) is 5.69 Å². The van der Waals surface area contributed by atoms with Crippen molar-refractivity contribution in [3.05, 3.63) is 72.2 Å². The normalized spacial score (nSPS) is 11.2. The molecule has 3 rings (SSSR count). The number of aromatic nitrogens is 2. The van der Waals surface area contributed by atoms with E-state index in [-0.39, 0.29) is 29.7 Å². The number of carbonyl (C=O) groups is 2. The first-order valence-electron chi connectivity index (χ1n) is 10.4. The highest BCUT2D eigenvalue weighted by Gasteiger charge is 2.23. The second-order valence-corrected chi connectivity index (χ2v) is 8.41. The van der Waals surface area contributed by atoms with Crippen LogP contribution in [0.15, 0.2) is 60.7 Å². The molecule has 7 nitrogen and oxygen atoms in total. The van der Waals surface area contributed by atoms with Crippen LogP contribution in [0.1, 0.15) is 33.4 Å². The summed E-state index contributed by atoms with van der Waals surface area (Å²) < 4.78 is 14.9. The standard InChI is InChI=1S/C24H28FN5O2/c1-5-29(23(32)26-18-9-7-6-8-10-18)16-22(31)27-21-15-20(24(2,3)4)28-30(21)19-13-11-17(25)12-14-19/h6-15H,5,16H2,1-4H3,(H,26,32)(H,27,31). The molecule has 0 aliphatic carbocycles. The molecule has 0 saturated heterocycles. The quantitative estimate of drug-likeness (QED) is 0.581. The summed E-state index contributed by atoms with van der Waals surface area (Å²) in [5, 5.41) is 10.2. The molecular formula is C24H28FN5O2. The highest BCUT2D eigenvalue weighted by molar-refractivity contribution is 5.96. The van der Waals surface area contributed by atoms with Gasteiger partial charge in [0.05, 0.1) is 11.4 Å². The van der Waals surface area contributed by atoms with Crippen LogP contribution < -0.4 is 10.6 Å². The van der Waals surface area contributed by atoms with E-state index >= 15 is 0 Å². The maximum atomic E-state index is 13.4. The van der Waals surface area contributed by atoms with Crippen molar-refractivity contribution in [1.29, 1.82) is 0 Å². The summed E-state index contributed by atoms with van der Waals surface area (Å²) in [5.41, 5.74) is 1.79. The number of para-hydroxylation sites is 1. The zero-order valence-electron chi connectivity index (χ0n) is 18.7. The van der Waals surface area contributed by atoms with Gasteiger partial charge in [0.25, 0.3) is 0 Å². The Morgan fingerprint density at radius 2 is 1.69 bits per heavy atom. The highest BCUT2D eigenvalue weighted by Crippen LogP contribution is 2.26. The summed E-state index contributed by atoms with van der Waals surface area (Å²) in [6.07, 6.45) is 0. The lowest BCUT2D eigenvalue weighted by molar-refractivity contribution is -0.116. The molecule has 3 aromatic rings. The first-order valence-corrected chi connectivity index (χ1v) is 10.4. The molecule has 3 amide bonds. The molecule has 168 valence electrons. The van der Waals surface area contributed by atoms with E-state index in [1.807, 2.05) is 39.0 Å². The molecule has 1 heterocycles. The number of hydrogen-bond acceptors (Lipinski definition) is 3. The van der Waals surface area contributed by atoms with Gasteiger partial charge in [0, 0.05) is 23.7 Å². The zero-order chi connectivity index (χ0) is 23.3. The summed E-state index contributed by atoms with van der Waals surface area (Å²) in [6, 6.07) is 16.4. The predicted molar refractivity (Wildman–Crippen MR) is 124 cm³/mol. The average molecular weight is 438 g/mol. The van der Waals surface area contributed by atoms with Gasteiger partial charge in [-0.15, -0.1) is 0 Å². The van der Waals surface area contributed by atoms with Gasteiger partial charge in [-0.2, -0.15) is 5.10 Å². The Hall–Kier alpha value is -3.68. The van der Waals surface area contributed by atoms with Gasteiger partial charge in [-0.25, -0.2) is 13.9 Å². The molecule has 0 bridgehead atoms. The maximum Gasteiger partial charge on any atom is 0.322 e. The van der Waals surface area contributed by atoms with E-state index < -0.39 is 0 Å². The van der Waals surface area contributed by atoms with Gasteiger partial charge < -0.3 is 15.5 Å². The van der Waals surface area contributed by atoms with Gasteiger partial charge in [0.2, 0.25) is 5.91 Å². The number of amides is 3.